The van der Waals surface area contributed by atoms with Crippen molar-refractivity contribution < 1.29 is 23.1 Å². The zero-order valence-corrected chi connectivity index (χ0v) is 13.6. The number of amides is 1. The van der Waals surface area contributed by atoms with E-state index in [0.717, 1.165) is 28.4 Å². The molecule has 0 saturated heterocycles. The lowest BCUT2D eigenvalue weighted by Crippen LogP contribution is -2.28. The number of fused-ring (bicyclic) bond motifs is 1. The fraction of sp³-hybridized carbons (Fsp3) is 0.176. The topological polar surface area (TPSA) is 62.2 Å². The van der Waals surface area contributed by atoms with Gasteiger partial charge in [0.05, 0.1) is 11.7 Å². The first-order chi connectivity index (χ1) is 11.9. The van der Waals surface area contributed by atoms with E-state index in [1.165, 1.54) is 11.3 Å². The minimum absolute atomic E-state index is 0.00428. The number of benzene rings is 1. The van der Waals surface area contributed by atoms with E-state index in [1.807, 2.05) is 29.6 Å². The Morgan fingerprint density at radius 1 is 1.24 bits per heavy atom. The summed E-state index contributed by atoms with van der Waals surface area (Å²) < 4.78 is 38.4. The highest BCUT2D eigenvalue weighted by Gasteiger charge is 2.32. The highest BCUT2D eigenvalue weighted by molar-refractivity contribution is 7.17. The van der Waals surface area contributed by atoms with Gasteiger partial charge in [0.2, 0.25) is 0 Å². The summed E-state index contributed by atoms with van der Waals surface area (Å²) in [5.74, 6) is -0.597. The lowest BCUT2D eigenvalue weighted by molar-refractivity contribution is -0.141. The van der Waals surface area contributed by atoms with E-state index in [0.29, 0.717) is 5.56 Å². The van der Waals surface area contributed by atoms with Crippen LogP contribution in [-0.2, 0) is 6.18 Å². The van der Waals surface area contributed by atoms with Crippen molar-refractivity contribution in [3.05, 3.63) is 64.8 Å². The minimum atomic E-state index is -4.55. The molecule has 2 N–H and O–H groups in total. The van der Waals surface area contributed by atoms with Crippen molar-refractivity contribution in [2.45, 2.75) is 12.3 Å². The molecule has 8 heteroatoms. The van der Waals surface area contributed by atoms with Crippen LogP contribution in [0, 0.1) is 0 Å². The van der Waals surface area contributed by atoms with Crippen LogP contribution in [0.4, 0.5) is 13.2 Å². The van der Waals surface area contributed by atoms with Crippen LogP contribution in [0.5, 0.6) is 0 Å². The SMILES string of the molecule is O=C(NCC(O)c1csc2ccccc12)c1ccc(C(F)(F)F)nc1. The number of aliphatic hydroxyl groups is 1. The Kier molecular flexibility index (Phi) is 4.73. The number of carbonyl (C=O) groups is 1. The number of nitrogens with one attached hydrogen (secondary N) is 1. The molecular weight excluding hydrogens is 353 g/mol. The van der Waals surface area contributed by atoms with Crippen LogP contribution in [0.15, 0.2) is 48.0 Å². The van der Waals surface area contributed by atoms with Gasteiger partial charge in [0, 0.05) is 23.0 Å². The fourth-order valence-corrected chi connectivity index (χ4v) is 3.36. The molecule has 0 saturated carbocycles. The predicted molar refractivity (Wildman–Crippen MR) is 88.4 cm³/mol. The summed E-state index contributed by atoms with van der Waals surface area (Å²) in [5.41, 5.74) is -0.365. The number of aromatic nitrogens is 1. The molecule has 0 aliphatic carbocycles. The second-order valence-electron chi connectivity index (χ2n) is 5.34. The van der Waals surface area contributed by atoms with Crippen molar-refractivity contribution in [2.24, 2.45) is 0 Å². The highest BCUT2D eigenvalue weighted by Crippen LogP contribution is 2.30. The predicted octanol–water partition coefficient (Wildman–Crippen LogP) is 3.78. The number of carbonyl (C=O) groups excluding carboxylic acids is 1. The number of halogens is 3. The summed E-state index contributed by atoms with van der Waals surface area (Å²) in [6, 6.07) is 9.37. The summed E-state index contributed by atoms with van der Waals surface area (Å²) in [7, 11) is 0. The Bertz CT molecular complexity index is 891. The van der Waals surface area contributed by atoms with Gasteiger partial charge in [-0.05, 0) is 29.0 Å². The number of hydrogen-bond acceptors (Lipinski definition) is 4. The van der Waals surface area contributed by atoms with Crippen molar-refractivity contribution in [2.75, 3.05) is 6.54 Å². The van der Waals surface area contributed by atoms with Crippen molar-refractivity contribution in [3.63, 3.8) is 0 Å². The first-order valence-electron chi connectivity index (χ1n) is 7.32. The molecule has 1 atom stereocenters. The summed E-state index contributed by atoms with van der Waals surface area (Å²) >= 11 is 1.49. The molecule has 0 radical (unpaired) electrons. The number of hydrogen-bond donors (Lipinski definition) is 2. The average Bonchev–Trinajstić information content (AvgIpc) is 3.03. The molecule has 1 aromatic carbocycles. The standard InChI is InChI=1S/C17H13F3N2O2S/c18-17(19,20)15-6-5-10(7-21-15)16(24)22-8-13(23)12-9-25-14-4-2-1-3-11(12)14/h1-7,9,13,23H,8H2,(H,22,24). The lowest BCUT2D eigenvalue weighted by atomic mass is 10.1. The van der Waals surface area contributed by atoms with Gasteiger partial charge in [-0.1, -0.05) is 18.2 Å². The quantitative estimate of drug-likeness (QED) is 0.739. The van der Waals surface area contributed by atoms with Gasteiger partial charge in [-0.15, -0.1) is 11.3 Å². The first kappa shape index (κ1) is 17.4. The molecule has 2 heterocycles. The highest BCUT2D eigenvalue weighted by atomic mass is 32.1. The third kappa shape index (κ3) is 3.80. The van der Waals surface area contributed by atoms with Crippen LogP contribution in [0.1, 0.15) is 27.7 Å². The molecule has 0 bridgehead atoms. The van der Waals surface area contributed by atoms with Gasteiger partial charge in [0.25, 0.3) is 5.91 Å². The molecule has 0 fully saturated rings. The normalized spacial score (nSPS) is 13.0. The van der Waals surface area contributed by atoms with Gasteiger partial charge >= 0.3 is 6.18 Å². The molecule has 3 rings (SSSR count). The van der Waals surface area contributed by atoms with E-state index >= 15 is 0 Å². The largest absolute Gasteiger partial charge is 0.433 e. The average molecular weight is 366 g/mol. The van der Waals surface area contributed by atoms with Gasteiger partial charge in [-0.25, -0.2) is 0 Å². The van der Waals surface area contributed by atoms with Gasteiger partial charge in [0.15, 0.2) is 0 Å². The second kappa shape index (κ2) is 6.81. The molecule has 0 spiro atoms. The van der Waals surface area contributed by atoms with Crippen LogP contribution in [-0.4, -0.2) is 22.5 Å². The van der Waals surface area contributed by atoms with E-state index in [4.69, 9.17) is 0 Å². The zero-order valence-electron chi connectivity index (χ0n) is 12.7. The van der Waals surface area contributed by atoms with E-state index in [2.05, 4.69) is 10.3 Å². The number of rotatable bonds is 4. The lowest BCUT2D eigenvalue weighted by Gasteiger charge is -2.12. The first-order valence-corrected chi connectivity index (χ1v) is 8.20. The van der Waals surface area contributed by atoms with Crippen LogP contribution < -0.4 is 5.32 Å². The molecule has 25 heavy (non-hydrogen) atoms. The maximum absolute atomic E-state index is 12.5. The van der Waals surface area contributed by atoms with Crippen LogP contribution >= 0.6 is 11.3 Å². The minimum Gasteiger partial charge on any atom is -0.387 e. The van der Waals surface area contributed by atoms with E-state index < -0.39 is 23.9 Å². The summed E-state index contributed by atoms with van der Waals surface area (Å²) in [4.78, 5) is 15.2. The molecule has 0 aliphatic heterocycles. The molecule has 3 aromatic rings. The second-order valence-corrected chi connectivity index (χ2v) is 6.25. The van der Waals surface area contributed by atoms with Crippen LogP contribution in [0.2, 0.25) is 0 Å². The van der Waals surface area contributed by atoms with Crippen LogP contribution in [0.25, 0.3) is 10.1 Å². The van der Waals surface area contributed by atoms with Crippen molar-refractivity contribution in [1.29, 1.82) is 0 Å². The molecule has 130 valence electrons. The molecule has 4 nitrogen and oxygen atoms in total. The smallest absolute Gasteiger partial charge is 0.387 e. The van der Waals surface area contributed by atoms with Crippen LogP contribution in [0.3, 0.4) is 0 Å². The summed E-state index contributed by atoms with van der Waals surface area (Å²) in [5, 5.41) is 15.5. The van der Waals surface area contributed by atoms with Crippen molar-refractivity contribution >= 4 is 27.3 Å². The third-order valence-electron chi connectivity index (χ3n) is 3.64. The zero-order chi connectivity index (χ0) is 18.0. The Balaban J connectivity index is 1.65. The molecular formula is C17H13F3N2O2S. The Hall–Kier alpha value is -2.45. The molecule has 0 aliphatic rings. The maximum atomic E-state index is 12.5. The van der Waals surface area contributed by atoms with E-state index in [1.54, 1.807) is 0 Å². The van der Waals surface area contributed by atoms with E-state index in [9.17, 15) is 23.1 Å². The molecule has 2 aromatic heterocycles. The number of nitrogens with zero attached hydrogens (tertiary/aromatic N) is 1. The third-order valence-corrected chi connectivity index (χ3v) is 4.62. The molecule has 1 unspecified atom stereocenters. The van der Waals surface area contributed by atoms with Gasteiger partial charge in [-0.2, -0.15) is 13.2 Å². The van der Waals surface area contributed by atoms with Gasteiger partial charge < -0.3 is 10.4 Å². The maximum Gasteiger partial charge on any atom is 0.433 e. The monoisotopic (exact) mass is 366 g/mol. The Morgan fingerprint density at radius 2 is 2.00 bits per heavy atom. The van der Waals surface area contributed by atoms with Crippen molar-refractivity contribution in [1.82, 2.24) is 10.3 Å². The Labute approximate surface area is 144 Å². The number of alkyl halides is 3. The van der Waals surface area contributed by atoms with Gasteiger partial charge in [-0.3, -0.25) is 9.78 Å². The van der Waals surface area contributed by atoms with E-state index in [-0.39, 0.29) is 12.1 Å². The number of thiophene rings is 1. The fourth-order valence-electron chi connectivity index (χ4n) is 2.35. The molecule has 1 amide bonds. The summed E-state index contributed by atoms with van der Waals surface area (Å²) in [6.07, 6.45) is -4.60. The number of aliphatic hydroxyl groups excluding tert-OH is 1. The Morgan fingerprint density at radius 3 is 2.68 bits per heavy atom. The van der Waals surface area contributed by atoms with Crippen molar-refractivity contribution in [3.8, 4) is 0 Å². The van der Waals surface area contributed by atoms with Gasteiger partial charge in [0.1, 0.15) is 5.69 Å². The number of pyridine rings is 1. The summed E-state index contributed by atoms with van der Waals surface area (Å²) in [6.45, 7) is -0.0550.